The van der Waals surface area contributed by atoms with Gasteiger partial charge < -0.3 is 0 Å². The average Bonchev–Trinajstić information content (AvgIpc) is 3.33. The number of nitrogens with zero attached hydrogens (tertiary/aromatic N) is 4. The second-order valence-electron chi connectivity index (χ2n) is 7.13. The lowest BCUT2D eigenvalue weighted by Crippen LogP contribution is -2.35. The maximum Gasteiger partial charge on any atom is 0.217 e. The smallest absolute Gasteiger partial charge is 0.217 e. The molecule has 1 aliphatic heterocycles. The number of aromatic nitrogens is 4. The van der Waals surface area contributed by atoms with Gasteiger partial charge in [-0.2, -0.15) is 4.98 Å². The molecule has 1 saturated heterocycles. The third-order valence-corrected chi connectivity index (χ3v) is 6.71. The van der Waals surface area contributed by atoms with Gasteiger partial charge in [-0.1, -0.05) is 48.9 Å². The van der Waals surface area contributed by atoms with Crippen molar-refractivity contribution < 1.29 is 0 Å². The minimum absolute atomic E-state index is 0.330. The molecule has 2 aromatic carbocycles. The van der Waals surface area contributed by atoms with Crippen LogP contribution in [0.5, 0.6) is 0 Å². The molecular formula is C21H21N5S2. The van der Waals surface area contributed by atoms with E-state index < -0.39 is 0 Å². The van der Waals surface area contributed by atoms with Crippen molar-refractivity contribution in [1.82, 2.24) is 24.6 Å². The van der Waals surface area contributed by atoms with E-state index in [-0.39, 0.29) is 0 Å². The molecule has 1 atom stereocenters. The Labute approximate surface area is 172 Å². The van der Waals surface area contributed by atoms with E-state index >= 15 is 0 Å². The Morgan fingerprint density at radius 3 is 2.71 bits per heavy atom. The second-order valence-corrected chi connectivity index (χ2v) is 8.56. The highest BCUT2D eigenvalue weighted by atomic mass is 32.1. The maximum absolute atomic E-state index is 5.53. The minimum Gasteiger partial charge on any atom is -0.278 e. The molecule has 7 heteroatoms. The van der Waals surface area contributed by atoms with Crippen molar-refractivity contribution in [2.75, 3.05) is 6.54 Å². The first-order valence-corrected chi connectivity index (χ1v) is 10.8. The lowest BCUT2D eigenvalue weighted by molar-refractivity contribution is 0.103. The Morgan fingerprint density at radius 1 is 1.04 bits per heavy atom. The number of likely N-dealkylation sites (tertiary alicyclic amines) is 1. The van der Waals surface area contributed by atoms with E-state index in [1.165, 1.54) is 22.5 Å². The third-order valence-electron chi connectivity index (χ3n) is 5.26. The first-order chi connectivity index (χ1) is 13.8. The molecule has 0 aliphatic carbocycles. The summed E-state index contributed by atoms with van der Waals surface area (Å²) < 4.78 is 3.82. The van der Waals surface area contributed by atoms with Crippen LogP contribution in [0.25, 0.3) is 21.6 Å². The summed E-state index contributed by atoms with van der Waals surface area (Å²) in [6, 6.07) is 18.8. The molecule has 5 rings (SSSR count). The Hall–Kier alpha value is -2.35. The molecule has 2 aromatic heterocycles. The summed E-state index contributed by atoms with van der Waals surface area (Å²) in [5.74, 6) is 0.819. The van der Waals surface area contributed by atoms with Gasteiger partial charge in [-0.3, -0.25) is 10.00 Å². The van der Waals surface area contributed by atoms with Crippen LogP contribution in [0, 0.1) is 4.77 Å². The van der Waals surface area contributed by atoms with E-state index in [2.05, 4.69) is 39.2 Å². The Bertz CT molecular complexity index is 1110. The van der Waals surface area contributed by atoms with Gasteiger partial charge in [-0.05, 0) is 37.2 Å². The van der Waals surface area contributed by atoms with Crippen LogP contribution in [0.4, 0.5) is 0 Å². The van der Waals surface area contributed by atoms with Gasteiger partial charge in [0, 0.05) is 12.1 Å². The van der Waals surface area contributed by atoms with Crippen LogP contribution in [0.2, 0.25) is 0 Å². The number of para-hydroxylation sites is 1. The summed E-state index contributed by atoms with van der Waals surface area (Å²) in [5.41, 5.74) is 2.14. The number of hydrogen-bond donors (Lipinski definition) is 1. The fourth-order valence-corrected chi connectivity index (χ4v) is 5.16. The Balaban J connectivity index is 1.43. The van der Waals surface area contributed by atoms with E-state index in [9.17, 15) is 0 Å². The molecule has 0 spiro atoms. The summed E-state index contributed by atoms with van der Waals surface area (Å²) in [5, 5.41) is 4.59. The molecule has 0 unspecified atom stereocenters. The third kappa shape index (κ3) is 3.41. The van der Waals surface area contributed by atoms with Crippen molar-refractivity contribution in [2.45, 2.75) is 32.0 Å². The van der Waals surface area contributed by atoms with Gasteiger partial charge in [0.05, 0.1) is 22.9 Å². The number of aromatic amines is 1. The zero-order valence-corrected chi connectivity index (χ0v) is 17.0. The molecule has 1 fully saturated rings. The largest absolute Gasteiger partial charge is 0.278 e. The van der Waals surface area contributed by atoms with Gasteiger partial charge in [0.15, 0.2) is 5.82 Å². The van der Waals surface area contributed by atoms with Crippen molar-refractivity contribution in [1.29, 1.82) is 0 Å². The van der Waals surface area contributed by atoms with Gasteiger partial charge in [0.2, 0.25) is 4.77 Å². The average molecular weight is 408 g/mol. The molecule has 0 radical (unpaired) electrons. The van der Waals surface area contributed by atoms with Crippen LogP contribution < -0.4 is 0 Å². The first-order valence-electron chi connectivity index (χ1n) is 9.60. The SMILES string of the molecule is S=c1nc(-c2ccccc2)[nH]n1CN1CCCC[C@@H]1c1nc2ccccc2s1. The minimum atomic E-state index is 0.330. The number of rotatable bonds is 4. The fourth-order valence-electron chi connectivity index (χ4n) is 3.83. The van der Waals surface area contributed by atoms with Crippen LogP contribution in [-0.4, -0.2) is 31.2 Å². The summed E-state index contributed by atoms with van der Waals surface area (Å²) in [6.45, 7) is 1.75. The van der Waals surface area contributed by atoms with Gasteiger partial charge in [0.1, 0.15) is 5.01 Å². The number of piperidine rings is 1. The molecule has 1 N–H and O–H groups in total. The van der Waals surface area contributed by atoms with Gasteiger partial charge in [-0.15, -0.1) is 11.3 Å². The standard InChI is InChI=1S/C21H21N5S2/c27-21-23-19(15-8-2-1-3-9-15)24-26(21)14-25-13-7-6-11-17(25)20-22-16-10-4-5-12-18(16)28-20/h1-5,8-10,12,17H,6-7,11,13-14H2,(H,23,24,27)/t17-/m1/s1. The highest BCUT2D eigenvalue weighted by molar-refractivity contribution is 7.71. The Kier molecular flexibility index (Phi) is 4.80. The summed E-state index contributed by atoms with van der Waals surface area (Å²) >= 11 is 7.34. The van der Waals surface area contributed by atoms with E-state index in [1.54, 1.807) is 0 Å². The molecular weight excluding hydrogens is 386 g/mol. The Morgan fingerprint density at radius 2 is 1.86 bits per heavy atom. The van der Waals surface area contributed by atoms with Crippen molar-refractivity contribution >= 4 is 33.8 Å². The number of thiazole rings is 1. The van der Waals surface area contributed by atoms with Crippen LogP contribution in [0.15, 0.2) is 54.6 Å². The van der Waals surface area contributed by atoms with E-state index in [4.69, 9.17) is 17.2 Å². The zero-order valence-electron chi connectivity index (χ0n) is 15.4. The quantitative estimate of drug-likeness (QED) is 0.460. The van der Waals surface area contributed by atoms with Crippen molar-refractivity contribution in [2.24, 2.45) is 0 Å². The van der Waals surface area contributed by atoms with Crippen molar-refractivity contribution in [3.05, 3.63) is 64.4 Å². The van der Waals surface area contributed by atoms with Crippen LogP contribution >= 0.6 is 23.6 Å². The molecule has 5 nitrogen and oxygen atoms in total. The molecule has 1 aliphatic rings. The monoisotopic (exact) mass is 407 g/mol. The lowest BCUT2D eigenvalue weighted by Gasteiger charge is -2.34. The number of nitrogens with one attached hydrogen (secondary N) is 1. The molecule has 0 saturated carbocycles. The predicted octanol–water partition coefficient (Wildman–Crippen LogP) is 5.40. The van der Waals surface area contributed by atoms with Crippen LogP contribution in [0.3, 0.4) is 0 Å². The highest BCUT2D eigenvalue weighted by Crippen LogP contribution is 2.35. The highest BCUT2D eigenvalue weighted by Gasteiger charge is 2.27. The van der Waals surface area contributed by atoms with Crippen molar-refractivity contribution in [3.63, 3.8) is 0 Å². The first kappa shape index (κ1) is 17.7. The van der Waals surface area contributed by atoms with Gasteiger partial charge in [0.25, 0.3) is 0 Å². The normalized spacial score (nSPS) is 17.9. The van der Waals surface area contributed by atoms with Crippen LogP contribution in [0.1, 0.15) is 30.3 Å². The molecule has 28 heavy (non-hydrogen) atoms. The number of fused-ring (bicyclic) bond motifs is 1. The summed E-state index contributed by atoms with van der Waals surface area (Å²) in [7, 11) is 0. The summed E-state index contributed by atoms with van der Waals surface area (Å²) in [4.78, 5) is 12.0. The fraction of sp³-hybridized carbons (Fsp3) is 0.286. The molecule has 0 amide bonds. The number of H-pyrrole nitrogens is 1. The molecule has 142 valence electrons. The predicted molar refractivity (Wildman–Crippen MR) is 116 cm³/mol. The molecule has 3 heterocycles. The number of hydrogen-bond acceptors (Lipinski definition) is 5. The molecule has 4 aromatic rings. The number of benzene rings is 2. The van der Waals surface area contributed by atoms with E-state index in [1.807, 2.05) is 46.4 Å². The van der Waals surface area contributed by atoms with E-state index in [0.29, 0.717) is 17.5 Å². The zero-order chi connectivity index (χ0) is 18.9. The van der Waals surface area contributed by atoms with Gasteiger partial charge in [-0.25, -0.2) is 9.67 Å². The van der Waals surface area contributed by atoms with Crippen molar-refractivity contribution in [3.8, 4) is 11.4 Å². The summed E-state index contributed by atoms with van der Waals surface area (Å²) in [6.07, 6.45) is 3.57. The maximum atomic E-state index is 5.53. The topological polar surface area (TPSA) is 49.7 Å². The van der Waals surface area contributed by atoms with Crippen LogP contribution in [-0.2, 0) is 6.67 Å². The molecule has 0 bridgehead atoms. The van der Waals surface area contributed by atoms with E-state index in [0.717, 1.165) is 29.9 Å². The van der Waals surface area contributed by atoms with Gasteiger partial charge >= 0.3 is 0 Å². The lowest BCUT2D eigenvalue weighted by atomic mass is 10.0. The second kappa shape index (κ2) is 7.58.